The smallest absolute Gasteiger partial charge is 0.340 e. The minimum Gasteiger partial charge on any atom is -0.493 e. The maximum atomic E-state index is 13.3. The topological polar surface area (TPSA) is 74.3 Å². The summed E-state index contributed by atoms with van der Waals surface area (Å²) in [6.45, 7) is 6.19. The van der Waals surface area contributed by atoms with Crippen LogP contribution in [-0.4, -0.2) is 51.3 Å². The fraction of sp³-hybridized carbons (Fsp3) is 0.259. The molecule has 7 heteroatoms. The molecule has 0 radical (unpaired) electrons. The third-order valence-corrected chi connectivity index (χ3v) is 5.53. The van der Waals surface area contributed by atoms with Crippen LogP contribution in [0.25, 0.3) is 6.08 Å². The van der Waals surface area contributed by atoms with Gasteiger partial charge < -0.3 is 23.8 Å². The third kappa shape index (κ3) is 5.31. The van der Waals surface area contributed by atoms with E-state index in [1.807, 2.05) is 30.3 Å². The van der Waals surface area contributed by atoms with Crippen molar-refractivity contribution in [2.45, 2.75) is 13.3 Å². The lowest BCUT2D eigenvalue weighted by Crippen LogP contribution is -2.27. The summed E-state index contributed by atoms with van der Waals surface area (Å²) in [5, 5.41) is 0. The van der Waals surface area contributed by atoms with E-state index >= 15 is 0 Å². The minimum atomic E-state index is -0.545. The molecule has 0 unspecified atom stereocenters. The Labute approximate surface area is 199 Å². The van der Waals surface area contributed by atoms with Gasteiger partial charge in [-0.1, -0.05) is 30.9 Å². The van der Waals surface area contributed by atoms with Crippen molar-refractivity contribution in [3.05, 3.63) is 83.1 Å². The highest BCUT2D eigenvalue weighted by Gasteiger charge is 2.36. The van der Waals surface area contributed by atoms with Gasteiger partial charge in [0, 0.05) is 12.2 Å². The van der Waals surface area contributed by atoms with Gasteiger partial charge in [0.15, 0.2) is 11.5 Å². The molecule has 0 spiro atoms. The highest BCUT2D eigenvalue weighted by Crippen LogP contribution is 2.33. The lowest BCUT2D eigenvalue weighted by molar-refractivity contribution is -0.136. The first kappa shape index (κ1) is 24.6. The van der Waals surface area contributed by atoms with E-state index in [0.717, 1.165) is 11.1 Å². The molecule has 1 heterocycles. The molecular formula is C27H29NO6. The standard InChI is InChI=1S/C27H29NO6/c1-6-15-34-21-10-7-19(8-11-21)16-22-25(27(30)33-5)18(2)28(26(22)29)14-13-20-9-12-23(31-3)24(17-20)32-4/h6-12,16-17H,1,13-15H2,2-5H3/b22-16-. The van der Waals surface area contributed by atoms with Crippen molar-refractivity contribution in [1.82, 2.24) is 4.90 Å². The maximum Gasteiger partial charge on any atom is 0.340 e. The van der Waals surface area contributed by atoms with Gasteiger partial charge in [-0.25, -0.2) is 4.79 Å². The van der Waals surface area contributed by atoms with Crippen LogP contribution in [0.1, 0.15) is 18.1 Å². The van der Waals surface area contributed by atoms with Crippen LogP contribution in [-0.2, 0) is 20.7 Å². The van der Waals surface area contributed by atoms with E-state index in [-0.39, 0.29) is 11.5 Å². The number of ether oxygens (including phenoxy) is 4. The highest BCUT2D eigenvalue weighted by atomic mass is 16.5. The first-order chi connectivity index (χ1) is 16.4. The van der Waals surface area contributed by atoms with E-state index < -0.39 is 5.97 Å². The van der Waals surface area contributed by atoms with Gasteiger partial charge in [-0.05, 0) is 54.8 Å². The molecule has 1 aliphatic heterocycles. The summed E-state index contributed by atoms with van der Waals surface area (Å²) in [5.74, 6) is 1.16. The Balaban J connectivity index is 1.85. The molecule has 2 aromatic carbocycles. The summed E-state index contributed by atoms with van der Waals surface area (Å²) in [6, 6.07) is 12.9. The Kier molecular flexibility index (Phi) is 8.14. The number of methoxy groups -OCH3 is 3. The van der Waals surface area contributed by atoms with Gasteiger partial charge in [-0.3, -0.25) is 4.79 Å². The Morgan fingerprint density at radius 2 is 1.74 bits per heavy atom. The fourth-order valence-electron chi connectivity index (χ4n) is 3.76. The summed E-state index contributed by atoms with van der Waals surface area (Å²) in [6.07, 6.45) is 3.94. The van der Waals surface area contributed by atoms with Crippen molar-refractivity contribution in [2.24, 2.45) is 0 Å². The molecular weight excluding hydrogens is 434 g/mol. The third-order valence-electron chi connectivity index (χ3n) is 5.53. The molecule has 0 aromatic heterocycles. The fourth-order valence-corrected chi connectivity index (χ4v) is 3.76. The van der Waals surface area contributed by atoms with Crippen LogP contribution in [0.15, 0.2) is 72.0 Å². The predicted molar refractivity (Wildman–Crippen MR) is 130 cm³/mol. The average molecular weight is 464 g/mol. The lowest BCUT2D eigenvalue weighted by atomic mass is 10.0. The summed E-state index contributed by atoms with van der Waals surface area (Å²) in [7, 11) is 4.47. The number of rotatable bonds is 10. The van der Waals surface area contributed by atoms with Crippen LogP contribution in [0.4, 0.5) is 0 Å². The normalized spacial score (nSPS) is 14.4. The van der Waals surface area contributed by atoms with Gasteiger partial charge >= 0.3 is 5.97 Å². The molecule has 178 valence electrons. The van der Waals surface area contributed by atoms with Crippen LogP contribution in [0, 0.1) is 0 Å². The Hall–Kier alpha value is -4.00. The van der Waals surface area contributed by atoms with Crippen LogP contribution in [0.3, 0.4) is 0 Å². The van der Waals surface area contributed by atoms with Crippen molar-refractivity contribution in [3.8, 4) is 17.2 Å². The van der Waals surface area contributed by atoms with Crippen molar-refractivity contribution in [2.75, 3.05) is 34.5 Å². The predicted octanol–water partition coefficient (Wildman–Crippen LogP) is 4.18. The number of benzene rings is 2. The molecule has 1 amide bonds. The van der Waals surface area contributed by atoms with E-state index in [9.17, 15) is 9.59 Å². The van der Waals surface area contributed by atoms with Gasteiger partial charge in [0.1, 0.15) is 12.4 Å². The van der Waals surface area contributed by atoms with E-state index in [1.54, 1.807) is 50.3 Å². The number of esters is 1. The van der Waals surface area contributed by atoms with E-state index in [2.05, 4.69) is 6.58 Å². The van der Waals surface area contributed by atoms with Crippen molar-refractivity contribution >= 4 is 18.0 Å². The zero-order valence-corrected chi connectivity index (χ0v) is 19.9. The minimum absolute atomic E-state index is 0.245. The first-order valence-corrected chi connectivity index (χ1v) is 10.8. The molecule has 2 aromatic rings. The van der Waals surface area contributed by atoms with Crippen LogP contribution >= 0.6 is 0 Å². The van der Waals surface area contributed by atoms with Crippen molar-refractivity contribution < 1.29 is 28.5 Å². The zero-order valence-electron chi connectivity index (χ0n) is 19.9. The number of nitrogens with zero attached hydrogens (tertiary/aromatic N) is 1. The lowest BCUT2D eigenvalue weighted by Gasteiger charge is -2.18. The Morgan fingerprint density at radius 3 is 2.35 bits per heavy atom. The molecule has 0 fully saturated rings. The molecule has 3 rings (SSSR count). The molecule has 0 N–H and O–H groups in total. The molecule has 1 aliphatic rings. The molecule has 0 saturated carbocycles. The second-order valence-electron chi connectivity index (χ2n) is 7.57. The summed E-state index contributed by atoms with van der Waals surface area (Å²) >= 11 is 0. The van der Waals surface area contributed by atoms with E-state index in [1.165, 1.54) is 7.11 Å². The van der Waals surface area contributed by atoms with Crippen molar-refractivity contribution in [3.63, 3.8) is 0 Å². The summed E-state index contributed by atoms with van der Waals surface area (Å²) in [4.78, 5) is 27.5. The van der Waals surface area contributed by atoms with Gasteiger partial charge in [-0.15, -0.1) is 0 Å². The first-order valence-electron chi connectivity index (χ1n) is 10.8. The largest absolute Gasteiger partial charge is 0.493 e. The number of hydrogen-bond donors (Lipinski definition) is 0. The van der Waals surface area contributed by atoms with Gasteiger partial charge in [-0.2, -0.15) is 0 Å². The second-order valence-corrected chi connectivity index (χ2v) is 7.57. The van der Waals surface area contributed by atoms with Gasteiger partial charge in [0.05, 0.1) is 32.5 Å². The number of carbonyl (C=O) groups is 2. The van der Waals surface area contributed by atoms with E-state index in [4.69, 9.17) is 18.9 Å². The number of allylic oxidation sites excluding steroid dienone is 1. The average Bonchev–Trinajstić information content (AvgIpc) is 3.10. The molecule has 0 saturated heterocycles. The summed E-state index contributed by atoms with van der Waals surface area (Å²) in [5.41, 5.74) is 2.88. The zero-order chi connectivity index (χ0) is 24.7. The van der Waals surface area contributed by atoms with Crippen molar-refractivity contribution in [1.29, 1.82) is 0 Å². The molecule has 0 atom stereocenters. The maximum absolute atomic E-state index is 13.3. The Bertz CT molecular complexity index is 1130. The Morgan fingerprint density at radius 1 is 1.03 bits per heavy atom. The van der Waals surface area contributed by atoms with Crippen LogP contribution in [0.5, 0.6) is 17.2 Å². The van der Waals surface area contributed by atoms with E-state index in [0.29, 0.717) is 48.1 Å². The van der Waals surface area contributed by atoms with Crippen LogP contribution in [0.2, 0.25) is 0 Å². The quantitative estimate of drug-likeness (QED) is 0.299. The molecule has 7 nitrogen and oxygen atoms in total. The molecule has 0 bridgehead atoms. The number of carbonyl (C=O) groups excluding carboxylic acids is 2. The molecule has 34 heavy (non-hydrogen) atoms. The van der Waals surface area contributed by atoms with Gasteiger partial charge in [0.25, 0.3) is 5.91 Å². The summed E-state index contributed by atoms with van der Waals surface area (Å²) < 4.78 is 21.1. The number of amides is 1. The molecule has 0 aliphatic carbocycles. The SMILES string of the molecule is C=CCOc1ccc(/C=C2\C(=O)N(CCc3ccc(OC)c(OC)c3)C(C)=C2C(=O)OC)cc1. The van der Waals surface area contributed by atoms with Gasteiger partial charge in [0.2, 0.25) is 0 Å². The number of hydrogen-bond acceptors (Lipinski definition) is 6. The monoisotopic (exact) mass is 463 g/mol. The van der Waals surface area contributed by atoms with Crippen LogP contribution < -0.4 is 14.2 Å². The highest BCUT2D eigenvalue weighted by molar-refractivity contribution is 6.16. The second kappa shape index (κ2) is 11.2.